The molecule has 0 aliphatic rings. The Bertz CT molecular complexity index is 403. The van der Waals surface area contributed by atoms with Crippen molar-refractivity contribution in [2.75, 3.05) is 0 Å². The Morgan fingerprint density at radius 3 is 2.54 bits per heavy atom. The van der Waals surface area contributed by atoms with Crippen LogP contribution in [0.2, 0.25) is 5.02 Å². The van der Waals surface area contributed by atoms with E-state index in [1.165, 1.54) is 0 Å². The number of rotatable bonds is 1. The number of hydrogen-bond acceptors (Lipinski definition) is 1. The Hall–Kier alpha value is -1.28. The molecule has 2 rings (SSSR count). The van der Waals surface area contributed by atoms with Crippen molar-refractivity contribution in [3.05, 3.63) is 41.8 Å². The molecule has 0 saturated carbocycles. The molecule has 0 unspecified atom stereocenters. The molecule has 0 aliphatic carbocycles. The smallest absolute Gasteiger partial charge is 0.176 e. The fourth-order valence-corrected chi connectivity index (χ4v) is 1.26. The lowest BCUT2D eigenvalue weighted by Crippen LogP contribution is -1.78. The summed E-state index contributed by atoms with van der Waals surface area (Å²) >= 11 is 5.77. The van der Waals surface area contributed by atoms with E-state index in [1.54, 1.807) is 4.57 Å². The van der Waals surface area contributed by atoms with Crippen LogP contribution in [0.15, 0.2) is 30.5 Å². The minimum absolute atomic E-state index is 0.740. The molecule has 1 radical (unpaired) electrons. The summed E-state index contributed by atoms with van der Waals surface area (Å²) in [5, 5.41) is 0.740. The topological polar surface area (TPSA) is 17.8 Å². The van der Waals surface area contributed by atoms with Crippen LogP contribution < -0.4 is 0 Å². The van der Waals surface area contributed by atoms with Gasteiger partial charge in [0.25, 0.3) is 0 Å². The van der Waals surface area contributed by atoms with Gasteiger partial charge in [-0.05, 0) is 12.1 Å². The van der Waals surface area contributed by atoms with Crippen LogP contribution in [0, 0.1) is 6.33 Å². The maximum atomic E-state index is 5.77. The van der Waals surface area contributed by atoms with E-state index in [0.717, 1.165) is 16.3 Å². The summed E-state index contributed by atoms with van der Waals surface area (Å²) < 4.78 is 1.80. The summed E-state index contributed by atoms with van der Waals surface area (Å²) in [7, 11) is 1.90. The number of aromatic nitrogens is 2. The maximum absolute atomic E-state index is 5.77. The molecule has 0 aliphatic heterocycles. The summed E-state index contributed by atoms with van der Waals surface area (Å²) in [6.07, 6.45) is 4.74. The van der Waals surface area contributed by atoms with E-state index in [2.05, 4.69) is 11.3 Å². The summed E-state index contributed by atoms with van der Waals surface area (Å²) in [5.41, 5.74) is 1.97. The number of hydrogen-bond donors (Lipinski definition) is 0. The van der Waals surface area contributed by atoms with E-state index in [0.29, 0.717) is 0 Å². The van der Waals surface area contributed by atoms with Crippen molar-refractivity contribution in [3.63, 3.8) is 0 Å². The molecule has 1 aromatic heterocycles. The predicted octanol–water partition coefficient (Wildman–Crippen LogP) is 2.54. The van der Waals surface area contributed by atoms with Gasteiger partial charge in [-0.15, -0.1) is 0 Å². The molecule has 0 fully saturated rings. The quantitative estimate of drug-likeness (QED) is 0.678. The molecule has 2 nitrogen and oxygen atoms in total. The summed E-state index contributed by atoms with van der Waals surface area (Å²) in [5.74, 6) is 0. The Balaban J connectivity index is 2.41. The minimum Gasteiger partial charge on any atom is -0.331 e. The van der Waals surface area contributed by atoms with E-state index in [1.807, 2.05) is 37.5 Å². The van der Waals surface area contributed by atoms with Crippen LogP contribution in [0.5, 0.6) is 0 Å². The lowest BCUT2D eigenvalue weighted by atomic mass is 10.2. The number of aryl methyl sites for hydroxylation is 1. The summed E-state index contributed by atoms with van der Waals surface area (Å²) in [6, 6.07) is 7.59. The first-order chi connectivity index (χ1) is 6.25. The summed E-state index contributed by atoms with van der Waals surface area (Å²) in [4.78, 5) is 4.11. The lowest BCUT2D eigenvalue weighted by molar-refractivity contribution is 0.903. The second kappa shape index (κ2) is 3.23. The first-order valence-corrected chi connectivity index (χ1v) is 4.30. The third kappa shape index (κ3) is 1.73. The monoisotopic (exact) mass is 191 g/mol. The third-order valence-corrected chi connectivity index (χ3v) is 2.04. The van der Waals surface area contributed by atoms with Gasteiger partial charge in [-0.2, -0.15) is 0 Å². The molecule has 13 heavy (non-hydrogen) atoms. The van der Waals surface area contributed by atoms with Crippen molar-refractivity contribution < 1.29 is 0 Å². The van der Waals surface area contributed by atoms with Crippen LogP contribution in [-0.2, 0) is 7.05 Å². The first kappa shape index (κ1) is 8.32. The van der Waals surface area contributed by atoms with Gasteiger partial charge in [0.15, 0.2) is 6.33 Å². The highest BCUT2D eigenvalue weighted by molar-refractivity contribution is 6.30. The van der Waals surface area contributed by atoms with Crippen molar-refractivity contribution in [2.24, 2.45) is 7.05 Å². The Morgan fingerprint density at radius 2 is 2.00 bits per heavy atom. The van der Waals surface area contributed by atoms with Gasteiger partial charge in [-0.3, -0.25) is 0 Å². The van der Waals surface area contributed by atoms with Crippen LogP contribution in [0.4, 0.5) is 0 Å². The number of halogens is 1. The van der Waals surface area contributed by atoms with Crippen molar-refractivity contribution >= 4 is 11.6 Å². The van der Waals surface area contributed by atoms with Crippen LogP contribution in [-0.4, -0.2) is 9.55 Å². The molecule has 0 amide bonds. The van der Waals surface area contributed by atoms with Gasteiger partial charge in [0.1, 0.15) is 0 Å². The first-order valence-electron chi connectivity index (χ1n) is 3.93. The van der Waals surface area contributed by atoms with Gasteiger partial charge in [0, 0.05) is 23.8 Å². The van der Waals surface area contributed by atoms with Crippen LogP contribution >= 0.6 is 11.6 Å². The van der Waals surface area contributed by atoms with E-state index >= 15 is 0 Å². The molecule has 0 saturated heterocycles. The van der Waals surface area contributed by atoms with Crippen molar-refractivity contribution in [3.8, 4) is 11.3 Å². The van der Waals surface area contributed by atoms with Gasteiger partial charge in [0.2, 0.25) is 0 Å². The third-order valence-electron chi connectivity index (χ3n) is 1.78. The SMILES string of the molecule is Cn1[c]nc(-c2ccc(Cl)cc2)c1. The molecule has 1 heterocycles. The van der Waals surface area contributed by atoms with Crippen molar-refractivity contribution in [1.29, 1.82) is 0 Å². The van der Waals surface area contributed by atoms with Gasteiger partial charge in [0.05, 0.1) is 5.69 Å². The fraction of sp³-hybridized carbons (Fsp3) is 0.100. The van der Waals surface area contributed by atoms with E-state index < -0.39 is 0 Å². The predicted molar refractivity (Wildman–Crippen MR) is 52.5 cm³/mol. The van der Waals surface area contributed by atoms with Gasteiger partial charge >= 0.3 is 0 Å². The second-order valence-corrected chi connectivity index (χ2v) is 3.28. The second-order valence-electron chi connectivity index (χ2n) is 2.84. The number of imidazole rings is 1. The van der Waals surface area contributed by atoms with Crippen LogP contribution in [0.3, 0.4) is 0 Å². The zero-order valence-electron chi connectivity index (χ0n) is 7.16. The standard InChI is InChI=1S/C10H8ClN2/c1-13-6-10(12-7-13)8-2-4-9(11)5-3-8/h2-6H,1H3. The Morgan fingerprint density at radius 1 is 1.31 bits per heavy atom. The molecule has 3 heteroatoms. The molecule has 1 aromatic carbocycles. The van der Waals surface area contributed by atoms with Crippen molar-refractivity contribution in [2.45, 2.75) is 0 Å². The molecule has 0 spiro atoms. The molecule has 65 valence electrons. The Labute approximate surface area is 81.8 Å². The normalized spacial score (nSPS) is 10.3. The highest BCUT2D eigenvalue weighted by Crippen LogP contribution is 2.18. The van der Waals surface area contributed by atoms with Crippen molar-refractivity contribution in [1.82, 2.24) is 9.55 Å². The van der Waals surface area contributed by atoms with Gasteiger partial charge in [-0.1, -0.05) is 23.7 Å². The number of nitrogens with zero attached hydrogens (tertiary/aromatic N) is 2. The molecular formula is C10H8ClN2. The van der Waals surface area contributed by atoms with E-state index in [9.17, 15) is 0 Å². The zero-order chi connectivity index (χ0) is 9.26. The molecule has 0 bridgehead atoms. The Kier molecular flexibility index (Phi) is 2.07. The molecule has 2 aromatic rings. The maximum Gasteiger partial charge on any atom is 0.176 e. The largest absolute Gasteiger partial charge is 0.331 e. The van der Waals surface area contributed by atoms with E-state index in [-0.39, 0.29) is 0 Å². The molecule has 0 N–H and O–H groups in total. The van der Waals surface area contributed by atoms with Gasteiger partial charge < -0.3 is 4.57 Å². The van der Waals surface area contributed by atoms with E-state index in [4.69, 9.17) is 11.6 Å². The fourth-order valence-electron chi connectivity index (χ4n) is 1.13. The number of benzene rings is 1. The molecular weight excluding hydrogens is 184 g/mol. The zero-order valence-corrected chi connectivity index (χ0v) is 7.92. The summed E-state index contributed by atoms with van der Waals surface area (Å²) in [6.45, 7) is 0. The minimum atomic E-state index is 0.740. The highest BCUT2D eigenvalue weighted by Gasteiger charge is 1.99. The van der Waals surface area contributed by atoms with Crippen LogP contribution in [0.25, 0.3) is 11.3 Å². The average Bonchev–Trinajstić information content (AvgIpc) is 2.53. The van der Waals surface area contributed by atoms with Crippen LogP contribution in [0.1, 0.15) is 0 Å². The average molecular weight is 192 g/mol. The van der Waals surface area contributed by atoms with Gasteiger partial charge in [-0.25, -0.2) is 4.98 Å². The molecule has 0 atom stereocenters. The highest BCUT2D eigenvalue weighted by atomic mass is 35.5. The lowest BCUT2D eigenvalue weighted by Gasteiger charge is -1.95.